The van der Waals surface area contributed by atoms with Crippen LogP contribution in [-0.4, -0.2) is 62.6 Å². The van der Waals surface area contributed by atoms with Crippen LogP contribution in [0.25, 0.3) is 0 Å². The third-order valence-corrected chi connectivity index (χ3v) is 6.21. The quantitative estimate of drug-likeness (QED) is 0.615. The van der Waals surface area contributed by atoms with E-state index in [0.717, 1.165) is 29.8 Å². The Kier molecular flexibility index (Phi) is 6.23. The van der Waals surface area contributed by atoms with Crippen LogP contribution in [0.4, 0.5) is 5.69 Å². The largest absolute Gasteiger partial charge is 0.508 e. The molecule has 156 valence electrons. The molecule has 3 aromatic rings. The molecule has 1 aromatic heterocycles. The average molecular weight is 424 g/mol. The first-order chi connectivity index (χ1) is 14.6. The summed E-state index contributed by atoms with van der Waals surface area (Å²) in [5.74, 6) is 1.58. The number of hydrogen-bond acceptors (Lipinski definition) is 6. The van der Waals surface area contributed by atoms with Crippen LogP contribution < -0.4 is 4.90 Å². The van der Waals surface area contributed by atoms with Crippen molar-refractivity contribution in [3.05, 3.63) is 66.0 Å². The van der Waals surface area contributed by atoms with E-state index in [1.165, 1.54) is 17.3 Å². The zero-order valence-corrected chi connectivity index (χ0v) is 17.8. The summed E-state index contributed by atoms with van der Waals surface area (Å²) in [4.78, 5) is 16.9. The lowest BCUT2D eigenvalue weighted by Crippen LogP contribution is -2.49. The molecule has 0 aliphatic carbocycles. The van der Waals surface area contributed by atoms with E-state index in [4.69, 9.17) is 0 Å². The number of phenols is 1. The van der Waals surface area contributed by atoms with Crippen LogP contribution in [0.3, 0.4) is 0 Å². The van der Waals surface area contributed by atoms with Crippen LogP contribution in [0.15, 0.2) is 59.8 Å². The molecular weight excluding hydrogens is 398 g/mol. The van der Waals surface area contributed by atoms with Crippen molar-refractivity contribution in [1.82, 2.24) is 19.7 Å². The van der Waals surface area contributed by atoms with Gasteiger partial charge in [0.2, 0.25) is 5.91 Å². The summed E-state index contributed by atoms with van der Waals surface area (Å²) in [6, 6.07) is 17.4. The zero-order chi connectivity index (χ0) is 20.9. The van der Waals surface area contributed by atoms with Crippen LogP contribution in [0.2, 0.25) is 0 Å². The van der Waals surface area contributed by atoms with Gasteiger partial charge in [0.05, 0.1) is 12.3 Å². The Labute approximate surface area is 180 Å². The number of anilines is 1. The number of hydrogen-bond donors (Lipinski definition) is 1. The Morgan fingerprint density at radius 2 is 1.70 bits per heavy atom. The highest BCUT2D eigenvalue weighted by atomic mass is 32.2. The number of carbonyl (C=O) groups is 1. The number of aromatic nitrogens is 3. The minimum atomic E-state index is 0.122. The molecule has 4 rings (SSSR count). The molecule has 0 atom stereocenters. The topological polar surface area (TPSA) is 74.5 Å². The second kappa shape index (κ2) is 9.21. The Balaban J connectivity index is 1.31. The van der Waals surface area contributed by atoms with Crippen LogP contribution in [0, 0.1) is 6.92 Å². The number of amides is 1. The van der Waals surface area contributed by atoms with Crippen molar-refractivity contribution >= 4 is 23.4 Å². The molecule has 7 nitrogen and oxygen atoms in total. The van der Waals surface area contributed by atoms with Gasteiger partial charge in [0.15, 0.2) is 5.16 Å². The maximum Gasteiger partial charge on any atom is 0.233 e. The lowest BCUT2D eigenvalue weighted by Gasteiger charge is -2.36. The van der Waals surface area contributed by atoms with Gasteiger partial charge in [-0.05, 0) is 36.8 Å². The number of aromatic hydroxyl groups is 1. The summed E-state index contributed by atoms with van der Waals surface area (Å²) in [6.45, 7) is 5.58. The highest BCUT2D eigenvalue weighted by Gasteiger charge is 2.22. The molecule has 1 fully saturated rings. The first kappa shape index (κ1) is 20.3. The zero-order valence-electron chi connectivity index (χ0n) is 16.9. The van der Waals surface area contributed by atoms with Gasteiger partial charge in [-0.2, -0.15) is 0 Å². The molecule has 2 aromatic carbocycles. The first-order valence-electron chi connectivity index (χ1n) is 9.98. The van der Waals surface area contributed by atoms with E-state index in [1.54, 1.807) is 12.1 Å². The Hall–Kier alpha value is -3.00. The molecule has 30 heavy (non-hydrogen) atoms. The molecule has 0 spiro atoms. The summed E-state index contributed by atoms with van der Waals surface area (Å²) in [5, 5.41) is 18.7. The second-order valence-electron chi connectivity index (χ2n) is 7.27. The van der Waals surface area contributed by atoms with Crippen molar-refractivity contribution in [2.24, 2.45) is 0 Å². The average Bonchev–Trinajstić information content (AvgIpc) is 3.13. The van der Waals surface area contributed by atoms with Crippen molar-refractivity contribution < 1.29 is 9.90 Å². The van der Waals surface area contributed by atoms with Crippen molar-refractivity contribution in [1.29, 1.82) is 0 Å². The van der Waals surface area contributed by atoms with Gasteiger partial charge in [-0.25, -0.2) is 0 Å². The molecule has 0 bridgehead atoms. The summed E-state index contributed by atoms with van der Waals surface area (Å²) < 4.78 is 2.05. The van der Waals surface area contributed by atoms with Gasteiger partial charge in [-0.15, -0.1) is 10.2 Å². The van der Waals surface area contributed by atoms with Crippen LogP contribution in [0.5, 0.6) is 5.75 Å². The maximum absolute atomic E-state index is 12.7. The van der Waals surface area contributed by atoms with E-state index >= 15 is 0 Å². The molecule has 1 aliphatic rings. The highest BCUT2D eigenvalue weighted by Crippen LogP contribution is 2.22. The molecule has 1 amide bonds. The van der Waals surface area contributed by atoms with Gasteiger partial charge in [0.25, 0.3) is 0 Å². The standard InChI is InChI=1S/C22H25N5O2S/c1-17-23-24-22(27(17)15-18-5-3-2-4-6-18)30-16-21(29)26-13-11-25(12-14-26)19-7-9-20(28)10-8-19/h2-10,28H,11-16H2,1H3. The number of benzene rings is 2. The molecular formula is C22H25N5O2S. The van der Waals surface area contributed by atoms with Gasteiger partial charge in [0, 0.05) is 31.9 Å². The summed E-state index contributed by atoms with van der Waals surface area (Å²) in [7, 11) is 0. The van der Waals surface area contributed by atoms with E-state index < -0.39 is 0 Å². The minimum Gasteiger partial charge on any atom is -0.508 e. The lowest BCUT2D eigenvalue weighted by molar-refractivity contribution is -0.128. The number of nitrogens with zero attached hydrogens (tertiary/aromatic N) is 5. The highest BCUT2D eigenvalue weighted by molar-refractivity contribution is 7.99. The fraction of sp³-hybridized carbons (Fsp3) is 0.318. The molecule has 1 saturated heterocycles. The van der Waals surface area contributed by atoms with E-state index in [2.05, 4.69) is 31.8 Å². The summed E-state index contributed by atoms with van der Waals surface area (Å²) in [6.07, 6.45) is 0. The van der Waals surface area contributed by atoms with Crippen molar-refractivity contribution in [3.8, 4) is 5.75 Å². The molecule has 2 heterocycles. The smallest absolute Gasteiger partial charge is 0.233 e. The molecule has 1 N–H and O–H groups in total. The predicted octanol–water partition coefficient (Wildman–Crippen LogP) is 2.78. The van der Waals surface area contributed by atoms with E-state index in [-0.39, 0.29) is 11.7 Å². The first-order valence-corrected chi connectivity index (χ1v) is 11.0. The van der Waals surface area contributed by atoms with E-state index in [0.29, 0.717) is 25.4 Å². The number of phenolic OH excluding ortho intramolecular Hbond substituents is 1. The van der Waals surface area contributed by atoms with Gasteiger partial charge in [0.1, 0.15) is 11.6 Å². The summed E-state index contributed by atoms with van der Waals surface area (Å²) >= 11 is 1.44. The van der Waals surface area contributed by atoms with Crippen molar-refractivity contribution in [3.63, 3.8) is 0 Å². The Morgan fingerprint density at radius 1 is 1.00 bits per heavy atom. The van der Waals surface area contributed by atoms with Crippen LogP contribution in [0.1, 0.15) is 11.4 Å². The Morgan fingerprint density at radius 3 is 2.40 bits per heavy atom. The van der Waals surface area contributed by atoms with E-state index in [1.807, 2.05) is 42.2 Å². The molecule has 0 radical (unpaired) electrons. The molecule has 0 saturated carbocycles. The van der Waals surface area contributed by atoms with Gasteiger partial charge in [-0.1, -0.05) is 42.1 Å². The number of piperazine rings is 1. The molecule has 1 aliphatic heterocycles. The number of carbonyl (C=O) groups excluding carboxylic acids is 1. The van der Waals surface area contributed by atoms with E-state index in [9.17, 15) is 9.90 Å². The maximum atomic E-state index is 12.7. The minimum absolute atomic E-state index is 0.122. The fourth-order valence-electron chi connectivity index (χ4n) is 3.51. The molecule has 8 heteroatoms. The van der Waals surface area contributed by atoms with Crippen LogP contribution in [-0.2, 0) is 11.3 Å². The van der Waals surface area contributed by atoms with Crippen molar-refractivity contribution in [2.75, 3.05) is 36.8 Å². The normalized spacial score (nSPS) is 14.2. The van der Waals surface area contributed by atoms with Gasteiger partial charge < -0.3 is 19.5 Å². The van der Waals surface area contributed by atoms with Gasteiger partial charge >= 0.3 is 0 Å². The number of aryl methyl sites for hydroxylation is 1. The molecule has 0 unspecified atom stereocenters. The van der Waals surface area contributed by atoms with Gasteiger partial charge in [-0.3, -0.25) is 4.79 Å². The third-order valence-electron chi connectivity index (χ3n) is 5.26. The second-order valence-corrected chi connectivity index (χ2v) is 8.22. The SMILES string of the molecule is Cc1nnc(SCC(=O)N2CCN(c3ccc(O)cc3)CC2)n1Cc1ccccc1. The Bertz CT molecular complexity index is 983. The number of rotatable bonds is 6. The lowest BCUT2D eigenvalue weighted by atomic mass is 10.2. The third kappa shape index (κ3) is 4.76. The summed E-state index contributed by atoms with van der Waals surface area (Å²) in [5.41, 5.74) is 2.25. The number of thioether (sulfide) groups is 1. The monoisotopic (exact) mass is 423 g/mol. The predicted molar refractivity (Wildman–Crippen MR) is 118 cm³/mol. The fourth-order valence-corrected chi connectivity index (χ4v) is 4.40. The van der Waals surface area contributed by atoms with Crippen molar-refractivity contribution in [2.45, 2.75) is 18.6 Å². The van der Waals surface area contributed by atoms with Crippen LogP contribution >= 0.6 is 11.8 Å².